The molecule has 3 rings (SSSR count). The number of hydrogen-bond acceptors (Lipinski definition) is 2. The second-order valence-electron chi connectivity index (χ2n) is 5.29. The molecule has 1 N–H and O–H groups in total. The van der Waals surface area contributed by atoms with Crippen molar-refractivity contribution in [3.8, 4) is 11.1 Å². The quantitative estimate of drug-likeness (QED) is 0.850. The molecule has 0 bridgehead atoms. The molecule has 0 aliphatic carbocycles. The minimum Gasteiger partial charge on any atom is -0.396 e. The molecule has 0 radical (unpaired) electrons. The van der Waals surface area contributed by atoms with Crippen LogP contribution in [0.25, 0.3) is 11.1 Å². The monoisotopic (exact) mass is 254 g/mol. The molecule has 98 valence electrons. The average molecular weight is 254 g/mol. The smallest absolute Gasteiger partial charge is 0.0978 e. The predicted octanol–water partition coefficient (Wildman–Crippen LogP) is 3.22. The van der Waals surface area contributed by atoms with Gasteiger partial charge < -0.3 is 9.84 Å². The number of rotatable bonds is 4. The molecule has 1 fully saturated rings. The summed E-state index contributed by atoms with van der Waals surface area (Å²) in [7, 11) is 0. The molecule has 2 aromatic rings. The minimum atomic E-state index is -0.209. The fourth-order valence-electron chi connectivity index (χ4n) is 2.62. The van der Waals surface area contributed by atoms with E-state index < -0.39 is 0 Å². The van der Waals surface area contributed by atoms with E-state index >= 15 is 0 Å². The van der Waals surface area contributed by atoms with Crippen LogP contribution >= 0.6 is 0 Å². The Kier molecular flexibility index (Phi) is 3.13. The van der Waals surface area contributed by atoms with E-state index in [4.69, 9.17) is 4.74 Å². The Bertz CT molecular complexity index is 558. The van der Waals surface area contributed by atoms with Crippen LogP contribution in [-0.4, -0.2) is 23.9 Å². The summed E-state index contributed by atoms with van der Waals surface area (Å²) in [4.78, 5) is 0. The van der Waals surface area contributed by atoms with E-state index in [9.17, 15) is 5.11 Å². The molecule has 2 unspecified atom stereocenters. The highest BCUT2D eigenvalue weighted by atomic mass is 16.6. The molecular weight excluding hydrogens is 236 g/mol. The van der Waals surface area contributed by atoms with Crippen molar-refractivity contribution in [3.63, 3.8) is 0 Å². The van der Waals surface area contributed by atoms with Crippen LogP contribution < -0.4 is 0 Å². The van der Waals surface area contributed by atoms with Gasteiger partial charge in [-0.25, -0.2) is 0 Å². The summed E-state index contributed by atoms with van der Waals surface area (Å²) in [5, 5.41) is 9.75. The summed E-state index contributed by atoms with van der Waals surface area (Å²) in [6, 6.07) is 18.6. The van der Waals surface area contributed by atoms with Crippen LogP contribution in [0.3, 0.4) is 0 Å². The van der Waals surface area contributed by atoms with Crippen molar-refractivity contribution in [1.29, 1.82) is 0 Å². The largest absolute Gasteiger partial charge is 0.396 e. The van der Waals surface area contributed by atoms with Gasteiger partial charge in [0.25, 0.3) is 0 Å². The fraction of sp³-hybridized carbons (Fsp3) is 0.294. The van der Waals surface area contributed by atoms with Gasteiger partial charge in [0.1, 0.15) is 0 Å². The number of hydrogen-bond donors (Lipinski definition) is 1. The molecule has 2 aromatic carbocycles. The van der Waals surface area contributed by atoms with Crippen molar-refractivity contribution < 1.29 is 9.84 Å². The number of epoxide rings is 1. The highest BCUT2D eigenvalue weighted by molar-refractivity contribution is 5.68. The summed E-state index contributed by atoms with van der Waals surface area (Å²) in [5.41, 5.74) is 3.32. The molecular formula is C17H18O2. The molecule has 0 amide bonds. The third-order valence-electron chi connectivity index (χ3n) is 3.94. The molecule has 2 heteroatoms. The summed E-state index contributed by atoms with van der Waals surface area (Å²) in [6.45, 7) is 2.90. The summed E-state index contributed by atoms with van der Waals surface area (Å²) in [6.07, 6.45) is 0. The van der Waals surface area contributed by atoms with E-state index in [1.807, 2.05) is 30.3 Å². The Morgan fingerprint density at radius 2 is 1.74 bits per heavy atom. The van der Waals surface area contributed by atoms with Crippen molar-refractivity contribution in [3.05, 3.63) is 60.2 Å². The third-order valence-corrected chi connectivity index (χ3v) is 3.94. The van der Waals surface area contributed by atoms with Crippen molar-refractivity contribution in [2.24, 2.45) is 0 Å². The van der Waals surface area contributed by atoms with E-state index in [-0.39, 0.29) is 18.1 Å². The first-order valence-corrected chi connectivity index (χ1v) is 6.64. The molecule has 0 aromatic heterocycles. The number of benzene rings is 2. The van der Waals surface area contributed by atoms with Gasteiger partial charge in [0, 0.05) is 5.92 Å². The van der Waals surface area contributed by atoms with Gasteiger partial charge in [-0.05, 0) is 23.6 Å². The normalized spacial score (nSPS) is 23.1. The first kappa shape index (κ1) is 12.4. The minimum absolute atomic E-state index is 0.0314. The summed E-state index contributed by atoms with van der Waals surface area (Å²) < 4.78 is 5.53. The van der Waals surface area contributed by atoms with Crippen molar-refractivity contribution >= 4 is 0 Å². The van der Waals surface area contributed by atoms with E-state index in [0.717, 1.165) is 12.2 Å². The number of aliphatic hydroxyl groups excluding tert-OH is 1. The molecule has 2 atom stereocenters. The highest BCUT2D eigenvalue weighted by Crippen LogP contribution is 2.43. The maximum atomic E-state index is 9.75. The van der Waals surface area contributed by atoms with Crippen LogP contribution in [0.5, 0.6) is 0 Å². The van der Waals surface area contributed by atoms with Crippen LogP contribution in [0.4, 0.5) is 0 Å². The zero-order valence-electron chi connectivity index (χ0n) is 11.0. The fourth-order valence-corrected chi connectivity index (χ4v) is 2.62. The van der Waals surface area contributed by atoms with Crippen molar-refractivity contribution in [2.75, 3.05) is 13.2 Å². The Morgan fingerprint density at radius 3 is 2.37 bits per heavy atom. The molecule has 1 aliphatic heterocycles. The Morgan fingerprint density at radius 1 is 1.11 bits per heavy atom. The van der Waals surface area contributed by atoms with E-state index in [0.29, 0.717) is 0 Å². The second-order valence-corrected chi connectivity index (χ2v) is 5.29. The summed E-state index contributed by atoms with van der Waals surface area (Å²) >= 11 is 0. The van der Waals surface area contributed by atoms with Crippen LogP contribution in [-0.2, 0) is 4.74 Å². The molecule has 2 nitrogen and oxygen atoms in total. The highest BCUT2D eigenvalue weighted by Gasteiger charge is 2.47. The average Bonchev–Trinajstić information content (AvgIpc) is 3.20. The Labute approximate surface area is 113 Å². The van der Waals surface area contributed by atoms with Gasteiger partial charge in [0.15, 0.2) is 0 Å². The van der Waals surface area contributed by atoms with Crippen LogP contribution in [0.2, 0.25) is 0 Å². The van der Waals surface area contributed by atoms with Crippen molar-refractivity contribution in [1.82, 2.24) is 0 Å². The zero-order valence-corrected chi connectivity index (χ0v) is 11.0. The van der Waals surface area contributed by atoms with Gasteiger partial charge in [0.2, 0.25) is 0 Å². The van der Waals surface area contributed by atoms with Crippen LogP contribution in [0.15, 0.2) is 54.6 Å². The topological polar surface area (TPSA) is 32.8 Å². The summed E-state index contributed by atoms with van der Waals surface area (Å²) in [5.74, 6) is 0.0314. The molecule has 19 heavy (non-hydrogen) atoms. The first-order chi connectivity index (χ1) is 9.24. The van der Waals surface area contributed by atoms with Gasteiger partial charge >= 0.3 is 0 Å². The number of aliphatic hydroxyl groups is 1. The second kappa shape index (κ2) is 4.80. The van der Waals surface area contributed by atoms with Gasteiger partial charge in [-0.3, -0.25) is 0 Å². The third kappa shape index (κ3) is 2.29. The molecule has 0 saturated carbocycles. The van der Waals surface area contributed by atoms with E-state index in [1.54, 1.807) is 0 Å². The number of ether oxygens (including phenoxy) is 1. The molecule has 1 saturated heterocycles. The van der Waals surface area contributed by atoms with Gasteiger partial charge in [-0.15, -0.1) is 0 Å². The maximum absolute atomic E-state index is 9.75. The molecule has 0 spiro atoms. The van der Waals surface area contributed by atoms with Crippen LogP contribution in [0.1, 0.15) is 18.4 Å². The Balaban J connectivity index is 2.07. The Hall–Kier alpha value is -1.64. The lowest BCUT2D eigenvalue weighted by Crippen LogP contribution is -2.22. The van der Waals surface area contributed by atoms with Crippen molar-refractivity contribution in [2.45, 2.75) is 18.4 Å². The SMILES string of the molecule is CC1(C(CO)c2ccccc2-c2ccccc2)CO1. The maximum Gasteiger partial charge on any atom is 0.0978 e. The predicted molar refractivity (Wildman–Crippen MR) is 76.1 cm³/mol. The molecule has 1 aliphatic rings. The van der Waals surface area contributed by atoms with E-state index in [2.05, 4.69) is 31.2 Å². The standard InChI is InChI=1S/C17H18O2/c1-17(12-19-17)16(11-18)15-10-6-5-9-14(15)13-7-3-2-4-8-13/h2-10,16,18H,11-12H2,1H3. The van der Waals surface area contributed by atoms with Crippen LogP contribution in [0, 0.1) is 0 Å². The lowest BCUT2D eigenvalue weighted by Gasteiger charge is -2.22. The zero-order chi connectivity index (χ0) is 13.3. The first-order valence-electron chi connectivity index (χ1n) is 6.64. The van der Waals surface area contributed by atoms with Gasteiger partial charge in [-0.2, -0.15) is 0 Å². The lowest BCUT2D eigenvalue weighted by molar-refractivity contribution is 0.193. The van der Waals surface area contributed by atoms with Gasteiger partial charge in [0.05, 0.1) is 18.8 Å². The lowest BCUT2D eigenvalue weighted by atomic mass is 9.83. The van der Waals surface area contributed by atoms with Gasteiger partial charge in [-0.1, -0.05) is 54.6 Å². The molecule has 1 heterocycles. The van der Waals surface area contributed by atoms with E-state index in [1.165, 1.54) is 11.1 Å².